The van der Waals surface area contributed by atoms with E-state index in [1.165, 1.54) is 7.11 Å². The first-order valence-electron chi connectivity index (χ1n) is 1.29. The maximum Gasteiger partial charge on any atom is 0.192 e. The van der Waals surface area contributed by atoms with E-state index in [1.54, 1.807) is 0 Å². The van der Waals surface area contributed by atoms with Crippen LogP contribution in [0.15, 0.2) is 0 Å². The van der Waals surface area contributed by atoms with Crippen LogP contribution in [0.4, 0.5) is 0 Å². The highest BCUT2D eigenvalue weighted by molar-refractivity contribution is 8.10. The Bertz CT molecular complexity index is 77.6. The third-order valence-corrected chi connectivity index (χ3v) is 1.30. The zero-order valence-electron chi connectivity index (χ0n) is 3.42. The Balaban J connectivity index is 3.48. The lowest BCUT2D eigenvalue weighted by Gasteiger charge is -2.02. The Kier molecular flexibility index (Phi) is 2.18. The molecule has 0 aliphatic carbocycles. The van der Waals surface area contributed by atoms with Crippen molar-refractivity contribution in [3.63, 3.8) is 0 Å². The van der Waals surface area contributed by atoms with Gasteiger partial charge in [0.2, 0.25) is 0 Å². The van der Waals surface area contributed by atoms with E-state index in [0.717, 1.165) is 0 Å². The normalized spacial score (nSPS) is 11.8. The maximum atomic E-state index is 5.02. The Hall–Kier alpha value is 0.530. The monoisotopic (exact) mass is 126 g/mol. The molecule has 0 aromatic heterocycles. The van der Waals surface area contributed by atoms with Crippen LogP contribution in [-0.4, -0.2) is 7.11 Å². The molecule has 38 valence electrons. The van der Waals surface area contributed by atoms with Gasteiger partial charge in [-0.1, -0.05) is 0 Å². The van der Waals surface area contributed by atoms with E-state index < -0.39 is 6.57 Å². The van der Waals surface area contributed by atoms with Crippen LogP contribution < -0.4 is 11.0 Å². The second kappa shape index (κ2) is 2.00. The van der Waals surface area contributed by atoms with Crippen LogP contribution in [0.25, 0.3) is 0 Å². The molecule has 0 aliphatic rings. The lowest BCUT2D eigenvalue weighted by Crippen LogP contribution is -2.04. The van der Waals surface area contributed by atoms with Crippen molar-refractivity contribution in [3.05, 3.63) is 0 Å². The van der Waals surface area contributed by atoms with Crippen LogP contribution in [0.5, 0.6) is 0 Å². The molecule has 0 atom stereocenters. The first-order valence-corrected chi connectivity index (χ1v) is 4.15. The van der Waals surface area contributed by atoms with Gasteiger partial charge in [0.15, 0.2) is 6.57 Å². The Morgan fingerprint density at radius 2 is 1.83 bits per heavy atom. The predicted molar refractivity (Wildman–Crippen MR) is 29.7 cm³/mol. The summed E-state index contributed by atoms with van der Waals surface area (Å²) >= 11 is 4.43. The Labute approximate surface area is 41.9 Å². The van der Waals surface area contributed by atoms with Crippen LogP contribution >= 0.6 is 6.57 Å². The molecule has 0 aromatic rings. The lowest BCUT2D eigenvalue weighted by atomic mass is 11.8. The van der Waals surface area contributed by atoms with E-state index in [4.69, 9.17) is 11.0 Å². The fourth-order valence-corrected chi connectivity index (χ4v) is 0. The van der Waals surface area contributed by atoms with Gasteiger partial charge < -0.3 is 4.52 Å². The molecular formula is CH7N2OPS. The summed E-state index contributed by atoms with van der Waals surface area (Å²) in [5.74, 6) is 0. The first kappa shape index (κ1) is 6.53. The van der Waals surface area contributed by atoms with Crippen molar-refractivity contribution >= 4 is 18.4 Å². The van der Waals surface area contributed by atoms with Gasteiger partial charge in [0.05, 0.1) is 0 Å². The maximum absolute atomic E-state index is 5.02. The summed E-state index contributed by atoms with van der Waals surface area (Å²) in [6, 6.07) is 0. The largest absolute Gasteiger partial charge is 0.331 e. The summed E-state index contributed by atoms with van der Waals surface area (Å²) in [5, 5.41) is 0. The van der Waals surface area contributed by atoms with E-state index in [-0.39, 0.29) is 0 Å². The summed E-state index contributed by atoms with van der Waals surface area (Å²) in [7, 11) is 1.40. The predicted octanol–water partition coefficient (Wildman–Crippen LogP) is -0.225. The average molecular weight is 126 g/mol. The standard InChI is InChI=1S/CH7N2OPS/c1-4-5(2,3)6/h1H3,(H4,2,3,6). The van der Waals surface area contributed by atoms with Crippen molar-refractivity contribution in [3.8, 4) is 0 Å². The fraction of sp³-hybridized carbons (Fsp3) is 1.00. The molecule has 0 aromatic carbocycles. The van der Waals surface area contributed by atoms with Crippen LogP contribution in [0, 0.1) is 0 Å². The van der Waals surface area contributed by atoms with Gasteiger partial charge in [0.25, 0.3) is 0 Å². The minimum atomic E-state index is -2.31. The van der Waals surface area contributed by atoms with Crippen LogP contribution in [0.1, 0.15) is 0 Å². The summed E-state index contributed by atoms with van der Waals surface area (Å²) in [6.45, 7) is -2.31. The molecule has 0 aliphatic heterocycles. The number of nitrogens with two attached hydrogens (primary N) is 2. The van der Waals surface area contributed by atoms with Gasteiger partial charge in [0.1, 0.15) is 0 Å². The summed E-state index contributed by atoms with van der Waals surface area (Å²) in [4.78, 5) is 0. The Morgan fingerprint density at radius 3 is 1.83 bits per heavy atom. The van der Waals surface area contributed by atoms with Crippen molar-refractivity contribution in [2.75, 3.05) is 7.11 Å². The van der Waals surface area contributed by atoms with Crippen molar-refractivity contribution in [1.82, 2.24) is 0 Å². The van der Waals surface area contributed by atoms with Gasteiger partial charge in [-0.3, -0.25) is 11.0 Å². The molecule has 4 N–H and O–H groups in total. The van der Waals surface area contributed by atoms with Gasteiger partial charge in [-0.05, 0) is 11.8 Å². The molecule has 0 saturated heterocycles. The SMILES string of the molecule is COP(N)(N)=S. The number of rotatable bonds is 1. The van der Waals surface area contributed by atoms with E-state index in [1.807, 2.05) is 0 Å². The molecule has 0 unspecified atom stereocenters. The molecule has 3 nitrogen and oxygen atoms in total. The summed E-state index contributed by atoms with van der Waals surface area (Å²) < 4.78 is 4.42. The second-order valence-corrected chi connectivity index (χ2v) is 4.20. The van der Waals surface area contributed by atoms with Crippen molar-refractivity contribution in [1.29, 1.82) is 0 Å². The number of hydrogen-bond acceptors (Lipinski definition) is 2. The molecular weight excluding hydrogens is 119 g/mol. The Morgan fingerprint density at radius 1 is 1.67 bits per heavy atom. The molecule has 0 amide bonds. The van der Waals surface area contributed by atoms with Gasteiger partial charge in [-0.2, -0.15) is 0 Å². The highest BCUT2D eigenvalue weighted by Gasteiger charge is 1.93. The van der Waals surface area contributed by atoms with Crippen molar-refractivity contribution in [2.45, 2.75) is 0 Å². The third-order valence-electron chi connectivity index (χ3n) is 0.285. The van der Waals surface area contributed by atoms with E-state index >= 15 is 0 Å². The highest BCUT2D eigenvalue weighted by atomic mass is 32.4. The van der Waals surface area contributed by atoms with E-state index in [9.17, 15) is 0 Å². The van der Waals surface area contributed by atoms with Crippen molar-refractivity contribution in [2.24, 2.45) is 11.0 Å². The average Bonchev–Trinajstić information content (AvgIpc) is 1.35. The molecule has 0 rings (SSSR count). The third kappa shape index (κ3) is 4.53. The number of hydrogen-bond donors (Lipinski definition) is 2. The van der Waals surface area contributed by atoms with Crippen molar-refractivity contribution < 1.29 is 4.52 Å². The molecule has 0 fully saturated rings. The fourth-order valence-electron chi connectivity index (χ4n) is 0. The van der Waals surface area contributed by atoms with Crippen LogP contribution in [0.3, 0.4) is 0 Å². The molecule has 0 bridgehead atoms. The first-order chi connectivity index (χ1) is 2.56. The lowest BCUT2D eigenvalue weighted by molar-refractivity contribution is 0.460. The second-order valence-electron chi connectivity index (χ2n) is 0.828. The van der Waals surface area contributed by atoms with E-state index in [2.05, 4.69) is 16.3 Å². The molecule has 0 heterocycles. The van der Waals surface area contributed by atoms with Crippen LogP contribution in [0.2, 0.25) is 0 Å². The summed E-state index contributed by atoms with van der Waals surface area (Å²) in [6.07, 6.45) is 0. The minimum absolute atomic E-state index is 1.40. The molecule has 0 spiro atoms. The van der Waals surface area contributed by atoms with Gasteiger partial charge in [0, 0.05) is 7.11 Å². The van der Waals surface area contributed by atoms with Gasteiger partial charge in [-0.15, -0.1) is 0 Å². The van der Waals surface area contributed by atoms with Gasteiger partial charge in [-0.25, -0.2) is 0 Å². The topological polar surface area (TPSA) is 61.3 Å². The summed E-state index contributed by atoms with van der Waals surface area (Å²) in [5.41, 5.74) is 10.0. The van der Waals surface area contributed by atoms with E-state index in [0.29, 0.717) is 0 Å². The van der Waals surface area contributed by atoms with Crippen LogP contribution in [-0.2, 0) is 16.3 Å². The van der Waals surface area contributed by atoms with Gasteiger partial charge >= 0.3 is 0 Å². The molecule has 6 heavy (non-hydrogen) atoms. The minimum Gasteiger partial charge on any atom is -0.331 e. The molecule has 0 saturated carbocycles. The zero-order chi connectivity index (χ0) is 5.21. The quantitative estimate of drug-likeness (QED) is 0.476. The zero-order valence-corrected chi connectivity index (χ0v) is 5.13. The highest BCUT2D eigenvalue weighted by Crippen LogP contribution is 2.23. The molecule has 5 heteroatoms. The molecule has 0 radical (unpaired) electrons. The smallest absolute Gasteiger partial charge is 0.192 e.